The highest BCUT2D eigenvalue weighted by Gasteiger charge is 2.24. The largest absolute Gasteiger partial charge is 0.444 e. The van der Waals surface area contributed by atoms with Crippen LogP contribution in [0.1, 0.15) is 32.8 Å². The molecule has 1 heterocycles. The smallest absolute Gasteiger partial charge is 0.407 e. The molecule has 1 aromatic rings. The van der Waals surface area contributed by atoms with E-state index in [1.807, 2.05) is 0 Å². The molecule has 21 heavy (non-hydrogen) atoms. The summed E-state index contributed by atoms with van der Waals surface area (Å²) in [5.74, 6) is -0.314. The molecule has 0 aromatic heterocycles. The van der Waals surface area contributed by atoms with Crippen molar-refractivity contribution in [3.63, 3.8) is 0 Å². The van der Waals surface area contributed by atoms with E-state index in [0.717, 1.165) is 0 Å². The van der Waals surface area contributed by atoms with Gasteiger partial charge in [-0.25, -0.2) is 9.18 Å². The van der Waals surface area contributed by atoms with E-state index in [1.54, 1.807) is 32.9 Å². The van der Waals surface area contributed by atoms with Crippen LogP contribution in [-0.4, -0.2) is 30.1 Å². The molecule has 2 rings (SSSR count). The number of hydrogen-bond donors (Lipinski definition) is 1. The average molecular weight is 294 g/mol. The summed E-state index contributed by atoms with van der Waals surface area (Å²) in [7, 11) is 0. The molecule has 0 saturated carbocycles. The molecule has 0 radical (unpaired) electrons. The maximum absolute atomic E-state index is 13.2. The zero-order chi connectivity index (χ0) is 15.5. The van der Waals surface area contributed by atoms with Gasteiger partial charge < -0.3 is 14.9 Å². The lowest BCUT2D eigenvalue weighted by atomic mass is 10.1. The van der Waals surface area contributed by atoms with E-state index in [-0.39, 0.29) is 18.5 Å². The van der Waals surface area contributed by atoms with Gasteiger partial charge in [0.2, 0.25) is 0 Å². The summed E-state index contributed by atoms with van der Waals surface area (Å²) in [6, 6.07) is 6.18. The number of benzene rings is 1. The zero-order valence-electron chi connectivity index (χ0n) is 12.4. The monoisotopic (exact) mass is 294 g/mol. The lowest BCUT2D eigenvalue weighted by Crippen LogP contribution is -2.37. The molecule has 0 bridgehead atoms. The average Bonchev–Trinajstić information content (AvgIpc) is 2.83. The molecule has 1 amide bonds. The van der Waals surface area contributed by atoms with Gasteiger partial charge in [-0.1, -0.05) is 17.3 Å². The summed E-state index contributed by atoms with van der Waals surface area (Å²) >= 11 is 0. The van der Waals surface area contributed by atoms with E-state index in [4.69, 9.17) is 9.57 Å². The highest BCUT2D eigenvalue weighted by atomic mass is 19.1. The van der Waals surface area contributed by atoms with E-state index in [9.17, 15) is 9.18 Å². The number of nitrogens with zero attached hydrogens (tertiary/aromatic N) is 1. The Labute approximate surface area is 123 Å². The molecule has 0 aliphatic carbocycles. The van der Waals surface area contributed by atoms with E-state index in [2.05, 4.69) is 10.5 Å². The Balaban J connectivity index is 1.81. The number of halogens is 1. The van der Waals surface area contributed by atoms with E-state index >= 15 is 0 Å². The molecule has 6 heteroatoms. The number of nitrogens with one attached hydrogen (secondary N) is 1. The van der Waals surface area contributed by atoms with Crippen molar-refractivity contribution in [1.29, 1.82) is 0 Å². The first-order valence-electron chi connectivity index (χ1n) is 6.79. The van der Waals surface area contributed by atoms with Crippen molar-refractivity contribution < 1.29 is 18.8 Å². The van der Waals surface area contributed by atoms with Gasteiger partial charge in [-0.3, -0.25) is 0 Å². The van der Waals surface area contributed by atoms with E-state index < -0.39 is 11.7 Å². The van der Waals surface area contributed by atoms with Gasteiger partial charge >= 0.3 is 6.09 Å². The second kappa shape index (κ2) is 6.11. The highest BCUT2D eigenvalue weighted by Crippen LogP contribution is 2.17. The first-order valence-corrected chi connectivity index (χ1v) is 6.79. The molecule has 1 unspecified atom stereocenters. The molecule has 1 aromatic carbocycles. The van der Waals surface area contributed by atoms with Crippen LogP contribution in [-0.2, 0) is 9.57 Å². The summed E-state index contributed by atoms with van der Waals surface area (Å²) < 4.78 is 18.3. The number of hydrogen-bond acceptors (Lipinski definition) is 4. The van der Waals surface area contributed by atoms with Crippen molar-refractivity contribution in [1.82, 2.24) is 5.32 Å². The number of rotatable bonds is 3. The van der Waals surface area contributed by atoms with E-state index in [1.165, 1.54) is 12.1 Å². The fourth-order valence-electron chi connectivity index (χ4n) is 1.89. The molecule has 1 N–H and O–H groups in total. The fraction of sp³-hybridized carbons (Fsp3) is 0.467. The Bertz CT molecular complexity index is 552. The maximum atomic E-state index is 13.2. The molecule has 5 nitrogen and oxygen atoms in total. The molecular weight excluding hydrogens is 275 g/mol. The molecule has 1 atom stereocenters. The Morgan fingerprint density at radius 2 is 2.29 bits per heavy atom. The van der Waals surface area contributed by atoms with Crippen LogP contribution in [0.2, 0.25) is 0 Å². The molecule has 0 saturated heterocycles. The van der Waals surface area contributed by atoms with Crippen LogP contribution < -0.4 is 5.32 Å². The van der Waals surface area contributed by atoms with Gasteiger partial charge in [-0.05, 0) is 32.9 Å². The number of alkyl carbamates (subject to hydrolysis) is 1. The Hall–Kier alpha value is -2.11. The van der Waals surface area contributed by atoms with Gasteiger partial charge in [0.05, 0.1) is 12.3 Å². The molecule has 0 fully saturated rings. The summed E-state index contributed by atoms with van der Waals surface area (Å²) in [6.07, 6.45) is -0.250. The number of carbonyl (C=O) groups is 1. The maximum Gasteiger partial charge on any atom is 0.407 e. The van der Waals surface area contributed by atoms with Crippen LogP contribution in [0.15, 0.2) is 29.4 Å². The number of amides is 1. The van der Waals surface area contributed by atoms with Crippen LogP contribution in [0.25, 0.3) is 0 Å². The van der Waals surface area contributed by atoms with Gasteiger partial charge in [0, 0.05) is 12.0 Å². The minimum Gasteiger partial charge on any atom is -0.444 e. The van der Waals surface area contributed by atoms with E-state index in [0.29, 0.717) is 17.7 Å². The number of oxime groups is 1. The van der Waals surface area contributed by atoms with Gasteiger partial charge in [0.1, 0.15) is 11.4 Å². The molecule has 0 spiro atoms. The SMILES string of the molecule is CC(C)(C)OC(=O)NCC1CC(c2cccc(F)c2)=NO1. The fourth-order valence-corrected chi connectivity index (χ4v) is 1.89. The summed E-state index contributed by atoms with van der Waals surface area (Å²) in [4.78, 5) is 16.8. The van der Waals surface area contributed by atoms with Crippen LogP contribution in [0.5, 0.6) is 0 Å². The Morgan fingerprint density at radius 3 is 2.95 bits per heavy atom. The van der Waals surface area contributed by atoms with Crippen molar-refractivity contribution in [2.75, 3.05) is 6.54 Å². The van der Waals surface area contributed by atoms with Gasteiger partial charge in [0.15, 0.2) is 6.10 Å². The highest BCUT2D eigenvalue weighted by molar-refractivity contribution is 6.01. The standard InChI is InChI=1S/C15H19FN2O3/c1-15(2,3)20-14(19)17-9-12-8-13(18-21-12)10-5-4-6-11(16)7-10/h4-7,12H,8-9H2,1-3H3,(H,17,19). The predicted molar refractivity (Wildman–Crippen MR) is 76.7 cm³/mol. The third-order valence-electron chi connectivity index (χ3n) is 2.76. The lowest BCUT2D eigenvalue weighted by molar-refractivity contribution is 0.0439. The van der Waals surface area contributed by atoms with Crippen molar-refractivity contribution >= 4 is 11.8 Å². The normalized spacial score (nSPS) is 17.9. The Kier molecular flexibility index (Phi) is 4.45. The van der Waals surface area contributed by atoms with Crippen LogP contribution in [0.4, 0.5) is 9.18 Å². The summed E-state index contributed by atoms with van der Waals surface area (Å²) in [5, 5.41) is 6.57. The second-order valence-corrected chi connectivity index (χ2v) is 5.86. The second-order valence-electron chi connectivity index (χ2n) is 5.86. The molecule has 1 aliphatic rings. The van der Waals surface area contributed by atoms with Gasteiger partial charge in [-0.2, -0.15) is 0 Å². The number of carbonyl (C=O) groups excluding carboxylic acids is 1. The minimum absolute atomic E-state index is 0.268. The summed E-state index contributed by atoms with van der Waals surface area (Å²) in [5.41, 5.74) is 0.823. The summed E-state index contributed by atoms with van der Waals surface area (Å²) in [6.45, 7) is 5.68. The Morgan fingerprint density at radius 1 is 1.52 bits per heavy atom. The van der Waals surface area contributed by atoms with Gasteiger partial charge in [0.25, 0.3) is 0 Å². The van der Waals surface area contributed by atoms with Gasteiger partial charge in [-0.15, -0.1) is 0 Å². The predicted octanol–water partition coefficient (Wildman–Crippen LogP) is 2.84. The molecular formula is C15H19FN2O3. The van der Waals surface area contributed by atoms with Crippen molar-refractivity contribution in [2.45, 2.75) is 38.9 Å². The topological polar surface area (TPSA) is 59.9 Å². The minimum atomic E-state index is -0.538. The molecule has 1 aliphatic heterocycles. The van der Waals surface area contributed by atoms with Crippen molar-refractivity contribution in [3.8, 4) is 0 Å². The lowest BCUT2D eigenvalue weighted by Gasteiger charge is -2.20. The molecule has 114 valence electrons. The van der Waals surface area contributed by atoms with Crippen LogP contribution >= 0.6 is 0 Å². The third-order valence-corrected chi connectivity index (χ3v) is 2.76. The van der Waals surface area contributed by atoms with Crippen LogP contribution in [0.3, 0.4) is 0 Å². The first kappa shape index (κ1) is 15.3. The van der Waals surface area contributed by atoms with Crippen molar-refractivity contribution in [3.05, 3.63) is 35.6 Å². The third kappa shape index (κ3) is 4.73. The quantitative estimate of drug-likeness (QED) is 0.932. The van der Waals surface area contributed by atoms with Crippen molar-refractivity contribution in [2.24, 2.45) is 5.16 Å². The first-order chi connectivity index (χ1) is 9.83. The number of ether oxygens (including phenoxy) is 1. The van der Waals surface area contributed by atoms with Crippen LogP contribution in [0, 0.1) is 5.82 Å². The zero-order valence-corrected chi connectivity index (χ0v) is 12.4.